The van der Waals surface area contributed by atoms with Gasteiger partial charge < -0.3 is 5.11 Å². The predicted molar refractivity (Wildman–Crippen MR) is 41.1 cm³/mol. The SMILES string of the molecule is CON(C)C(=O)C[C@@H](O)CCl. The summed E-state index contributed by atoms with van der Waals surface area (Å²) in [5.74, 6) is -0.232. The first-order valence-corrected chi connectivity index (χ1v) is 3.70. The van der Waals surface area contributed by atoms with Crippen LogP contribution < -0.4 is 0 Å². The van der Waals surface area contributed by atoms with Crippen molar-refractivity contribution in [2.75, 3.05) is 20.0 Å². The van der Waals surface area contributed by atoms with E-state index in [-0.39, 0.29) is 18.2 Å². The Morgan fingerprint density at radius 3 is 2.73 bits per heavy atom. The molecule has 1 amide bonds. The van der Waals surface area contributed by atoms with E-state index in [0.717, 1.165) is 5.06 Å². The van der Waals surface area contributed by atoms with E-state index in [1.807, 2.05) is 0 Å². The second-order valence-corrected chi connectivity index (χ2v) is 2.39. The van der Waals surface area contributed by atoms with E-state index in [9.17, 15) is 4.79 Å². The van der Waals surface area contributed by atoms with Gasteiger partial charge in [0.25, 0.3) is 0 Å². The minimum absolute atomic E-state index is 0.00611. The molecule has 0 fully saturated rings. The summed E-state index contributed by atoms with van der Waals surface area (Å²) in [7, 11) is 2.86. The number of aliphatic hydroxyl groups excluding tert-OH is 1. The molecule has 0 aliphatic carbocycles. The minimum Gasteiger partial charge on any atom is -0.391 e. The fourth-order valence-corrected chi connectivity index (χ4v) is 0.596. The van der Waals surface area contributed by atoms with Gasteiger partial charge in [0.05, 0.1) is 19.6 Å². The molecule has 1 N–H and O–H groups in total. The zero-order chi connectivity index (χ0) is 8.85. The summed E-state index contributed by atoms with van der Waals surface area (Å²) in [5.41, 5.74) is 0. The van der Waals surface area contributed by atoms with E-state index in [1.54, 1.807) is 0 Å². The standard InChI is InChI=1S/C6H12ClNO3/c1-8(11-2)6(10)3-5(9)4-7/h5,9H,3-4H2,1-2H3/t5-/m1/s1. The number of amides is 1. The van der Waals surface area contributed by atoms with Crippen molar-refractivity contribution in [3.8, 4) is 0 Å². The van der Waals surface area contributed by atoms with E-state index in [4.69, 9.17) is 16.7 Å². The number of hydroxylamine groups is 2. The molecule has 0 radical (unpaired) electrons. The van der Waals surface area contributed by atoms with E-state index >= 15 is 0 Å². The Labute approximate surface area is 70.7 Å². The lowest BCUT2D eigenvalue weighted by atomic mass is 10.3. The number of carbonyl (C=O) groups excluding carboxylic acids is 1. The zero-order valence-electron chi connectivity index (χ0n) is 6.58. The van der Waals surface area contributed by atoms with E-state index in [0.29, 0.717) is 0 Å². The quantitative estimate of drug-likeness (QED) is 0.491. The molecule has 1 atom stereocenters. The highest BCUT2D eigenvalue weighted by molar-refractivity contribution is 6.18. The normalized spacial score (nSPS) is 12.7. The van der Waals surface area contributed by atoms with Crippen LogP contribution in [-0.4, -0.2) is 42.2 Å². The van der Waals surface area contributed by atoms with Crippen LogP contribution in [-0.2, 0) is 9.63 Å². The third kappa shape index (κ3) is 4.19. The van der Waals surface area contributed by atoms with Crippen molar-refractivity contribution in [3.05, 3.63) is 0 Å². The van der Waals surface area contributed by atoms with E-state index < -0.39 is 6.10 Å². The fourth-order valence-electron chi connectivity index (χ4n) is 0.486. The molecule has 11 heavy (non-hydrogen) atoms. The second kappa shape index (κ2) is 5.35. The summed E-state index contributed by atoms with van der Waals surface area (Å²) in [5, 5.41) is 9.99. The van der Waals surface area contributed by atoms with Gasteiger partial charge in [-0.3, -0.25) is 9.63 Å². The number of aliphatic hydroxyl groups is 1. The molecule has 0 bridgehead atoms. The van der Waals surface area contributed by atoms with Crippen LogP contribution in [0.2, 0.25) is 0 Å². The van der Waals surface area contributed by atoms with Crippen LogP contribution in [0.25, 0.3) is 0 Å². The van der Waals surface area contributed by atoms with Gasteiger partial charge in [-0.05, 0) is 0 Å². The number of hydrogen-bond donors (Lipinski definition) is 1. The maximum absolute atomic E-state index is 10.9. The van der Waals surface area contributed by atoms with Crippen LogP contribution in [0.3, 0.4) is 0 Å². The van der Waals surface area contributed by atoms with Gasteiger partial charge >= 0.3 is 0 Å². The first-order valence-electron chi connectivity index (χ1n) is 3.16. The summed E-state index contributed by atoms with van der Waals surface area (Å²) < 4.78 is 0. The molecule has 0 aromatic carbocycles. The van der Waals surface area contributed by atoms with Crippen LogP contribution in [0.15, 0.2) is 0 Å². The lowest BCUT2D eigenvalue weighted by molar-refractivity contribution is -0.170. The Morgan fingerprint density at radius 1 is 1.82 bits per heavy atom. The van der Waals surface area contributed by atoms with Gasteiger partial charge in [-0.15, -0.1) is 11.6 Å². The number of halogens is 1. The van der Waals surface area contributed by atoms with Gasteiger partial charge in [-0.1, -0.05) is 0 Å². The topological polar surface area (TPSA) is 49.8 Å². The average Bonchev–Trinajstić information content (AvgIpc) is 2.02. The largest absolute Gasteiger partial charge is 0.391 e. The monoisotopic (exact) mass is 181 g/mol. The Balaban J connectivity index is 3.68. The molecular formula is C6H12ClNO3. The first kappa shape index (κ1) is 10.7. The molecule has 0 aliphatic heterocycles. The predicted octanol–water partition coefficient (Wildman–Crippen LogP) is -0.00400. The Morgan fingerprint density at radius 2 is 2.36 bits per heavy atom. The first-order chi connectivity index (χ1) is 5.11. The summed E-state index contributed by atoms with van der Waals surface area (Å²) >= 11 is 5.28. The molecule has 0 aromatic heterocycles. The maximum Gasteiger partial charge on any atom is 0.248 e. The van der Waals surface area contributed by atoms with Crippen molar-refractivity contribution in [1.29, 1.82) is 0 Å². The number of hydrogen-bond acceptors (Lipinski definition) is 3. The smallest absolute Gasteiger partial charge is 0.248 e. The van der Waals surface area contributed by atoms with Crippen LogP contribution in [0, 0.1) is 0 Å². The fraction of sp³-hybridized carbons (Fsp3) is 0.833. The molecule has 0 rings (SSSR count). The lowest BCUT2D eigenvalue weighted by Crippen LogP contribution is -2.29. The third-order valence-electron chi connectivity index (χ3n) is 1.21. The van der Waals surface area contributed by atoms with Crippen molar-refractivity contribution in [1.82, 2.24) is 5.06 Å². The maximum atomic E-state index is 10.9. The van der Waals surface area contributed by atoms with E-state index in [2.05, 4.69) is 4.84 Å². The van der Waals surface area contributed by atoms with Crippen LogP contribution in [0.4, 0.5) is 0 Å². The second-order valence-electron chi connectivity index (χ2n) is 2.09. The number of rotatable bonds is 4. The van der Waals surface area contributed by atoms with Crippen molar-refractivity contribution < 1.29 is 14.7 Å². The number of alkyl halides is 1. The molecular weight excluding hydrogens is 170 g/mol. The van der Waals surface area contributed by atoms with E-state index in [1.165, 1.54) is 14.2 Å². The van der Waals surface area contributed by atoms with Crippen LogP contribution in [0.5, 0.6) is 0 Å². The highest BCUT2D eigenvalue weighted by atomic mass is 35.5. The molecule has 0 heterocycles. The average molecular weight is 182 g/mol. The summed E-state index contributed by atoms with van der Waals surface area (Å²) in [6.07, 6.45) is -0.796. The lowest BCUT2D eigenvalue weighted by Gasteiger charge is -2.14. The summed E-state index contributed by atoms with van der Waals surface area (Å²) in [6, 6.07) is 0. The van der Waals surface area contributed by atoms with Gasteiger partial charge in [0.15, 0.2) is 0 Å². The summed E-state index contributed by atoms with van der Waals surface area (Å²) in [4.78, 5) is 15.5. The molecule has 0 aromatic rings. The van der Waals surface area contributed by atoms with Gasteiger partial charge in [-0.2, -0.15) is 0 Å². The van der Waals surface area contributed by atoms with Crippen molar-refractivity contribution >= 4 is 17.5 Å². The molecule has 5 heteroatoms. The molecule has 0 unspecified atom stereocenters. The minimum atomic E-state index is -0.790. The van der Waals surface area contributed by atoms with Gasteiger partial charge in [0.1, 0.15) is 0 Å². The molecule has 0 saturated carbocycles. The molecule has 0 saturated heterocycles. The zero-order valence-corrected chi connectivity index (χ0v) is 7.34. The van der Waals surface area contributed by atoms with Crippen LogP contribution >= 0.6 is 11.6 Å². The number of carbonyl (C=O) groups is 1. The Bertz CT molecular complexity index is 131. The van der Waals surface area contributed by atoms with Crippen molar-refractivity contribution in [2.24, 2.45) is 0 Å². The molecule has 4 nitrogen and oxygen atoms in total. The third-order valence-corrected chi connectivity index (χ3v) is 1.57. The highest BCUT2D eigenvalue weighted by Crippen LogP contribution is 1.98. The molecule has 66 valence electrons. The Kier molecular flexibility index (Phi) is 5.19. The highest BCUT2D eigenvalue weighted by Gasteiger charge is 2.12. The van der Waals surface area contributed by atoms with Crippen molar-refractivity contribution in [3.63, 3.8) is 0 Å². The molecule has 0 spiro atoms. The van der Waals surface area contributed by atoms with Gasteiger partial charge in [0.2, 0.25) is 5.91 Å². The summed E-state index contributed by atoms with van der Waals surface area (Å²) in [6.45, 7) is 0. The van der Waals surface area contributed by atoms with Crippen molar-refractivity contribution in [2.45, 2.75) is 12.5 Å². The van der Waals surface area contributed by atoms with Gasteiger partial charge in [-0.25, -0.2) is 5.06 Å². The van der Waals surface area contributed by atoms with Crippen LogP contribution in [0.1, 0.15) is 6.42 Å². The number of nitrogens with zero attached hydrogens (tertiary/aromatic N) is 1. The molecule has 0 aliphatic rings. The van der Waals surface area contributed by atoms with Gasteiger partial charge in [0, 0.05) is 12.9 Å². The Hall–Kier alpha value is -0.320.